The highest BCUT2D eigenvalue weighted by molar-refractivity contribution is 5.98. The maximum absolute atomic E-state index is 12.8. The van der Waals surface area contributed by atoms with Crippen LogP contribution in [0.25, 0.3) is 0 Å². The zero-order valence-electron chi connectivity index (χ0n) is 11.8. The SMILES string of the molecule is O=C(c1ccccc1)[C@@H]1C[C@@H](CO)OC12CCCCC2. The Kier molecular flexibility index (Phi) is 3.90. The van der Waals surface area contributed by atoms with Crippen LogP contribution in [0.5, 0.6) is 0 Å². The minimum absolute atomic E-state index is 0.0142. The summed E-state index contributed by atoms with van der Waals surface area (Å²) in [6.45, 7) is 0.0142. The number of carbonyl (C=O) groups excluding carboxylic acids is 1. The maximum Gasteiger partial charge on any atom is 0.168 e. The van der Waals surface area contributed by atoms with Gasteiger partial charge in [-0.1, -0.05) is 49.6 Å². The summed E-state index contributed by atoms with van der Waals surface area (Å²) in [5.41, 5.74) is 0.447. The highest BCUT2D eigenvalue weighted by Gasteiger charge is 2.51. The third-order valence-corrected chi connectivity index (χ3v) is 4.81. The molecule has 2 fully saturated rings. The van der Waals surface area contributed by atoms with Crippen LogP contribution in [-0.2, 0) is 4.74 Å². The Morgan fingerprint density at radius 1 is 1.20 bits per heavy atom. The van der Waals surface area contributed by atoms with Crippen LogP contribution < -0.4 is 0 Å². The van der Waals surface area contributed by atoms with Gasteiger partial charge in [0.2, 0.25) is 0 Å². The molecule has 1 heterocycles. The average Bonchev–Trinajstić information content (AvgIpc) is 2.86. The second kappa shape index (κ2) is 5.66. The summed E-state index contributed by atoms with van der Waals surface area (Å²) in [7, 11) is 0. The van der Waals surface area contributed by atoms with Crippen molar-refractivity contribution in [1.82, 2.24) is 0 Å². The molecule has 1 aliphatic heterocycles. The first kappa shape index (κ1) is 13.8. The fourth-order valence-corrected chi connectivity index (χ4v) is 3.82. The molecule has 0 radical (unpaired) electrons. The molecule has 20 heavy (non-hydrogen) atoms. The van der Waals surface area contributed by atoms with Gasteiger partial charge in [0.1, 0.15) is 0 Å². The first-order valence-electron chi connectivity index (χ1n) is 7.63. The van der Waals surface area contributed by atoms with Crippen LogP contribution in [0.4, 0.5) is 0 Å². The van der Waals surface area contributed by atoms with Crippen molar-refractivity contribution in [3.63, 3.8) is 0 Å². The standard InChI is InChI=1S/C17H22O3/c18-12-14-11-15(16(19)13-7-3-1-4-8-13)17(20-14)9-5-2-6-10-17/h1,3-4,7-8,14-15,18H,2,5-6,9-12H2/t14-,15-/m0/s1. The fourth-order valence-electron chi connectivity index (χ4n) is 3.82. The number of carbonyl (C=O) groups is 1. The molecule has 1 aromatic rings. The van der Waals surface area contributed by atoms with E-state index >= 15 is 0 Å². The molecule has 1 spiro atoms. The lowest BCUT2D eigenvalue weighted by atomic mass is 9.73. The summed E-state index contributed by atoms with van der Waals surface area (Å²) in [5.74, 6) is 0.0887. The number of ketones is 1. The molecule has 2 atom stereocenters. The van der Waals surface area contributed by atoms with Gasteiger partial charge in [0, 0.05) is 5.56 Å². The molecule has 1 saturated heterocycles. The third-order valence-electron chi connectivity index (χ3n) is 4.81. The van der Waals surface area contributed by atoms with E-state index in [0.717, 1.165) is 31.2 Å². The Balaban J connectivity index is 1.87. The summed E-state index contributed by atoms with van der Waals surface area (Å²) in [5, 5.41) is 9.41. The monoisotopic (exact) mass is 274 g/mol. The minimum atomic E-state index is -0.321. The van der Waals surface area contributed by atoms with Crippen molar-refractivity contribution in [3.8, 4) is 0 Å². The number of rotatable bonds is 3. The van der Waals surface area contributed by atoms with Crippen LogP contribution in [0.3, 0.4) is 0 Å². The van der Waals surface area contributed by atoms with Gasteiger partial charge in [-0.25, -0.2) is 0 Å². The Morgan fingerprint density at radius 2 is 1.90 bits per heavy atom. The van der Waals surface area contributed by atoms with Crippen molar-refractivity contribution in [2.24, 2.45) is 5.92 Å². The summed E-state index contributed by atoms with van der Waals surface area (Å²) in [4.78, 5) is 12.8. The van der Waals surface area contributed by atoms with Gasteiger partial charge >= 0.3 is 0 Å². The summed E-state index contributed by atoms with van der Waals surface area (Å²) < 4.78 is 6.12. The van der Waals surface area contributed by atoms with E-state index in [-0.39, 0.29) is 30.0 Å². The molecular weight excluding hydrogens is 252 g/mol. The normalized spacial score (nSPS) is 28.6. The van der Waals surface area contributed by atoms with Crippen LogP contribution in [0, 0.1) is 5.92 Å². The largest absolute Gasteiger partial charge is 0.394 e. The lowest BCUT2D eigenvalue weighted by Crippen LogP contribution is -2.41. The van der Waals surface area contributed by atoms with E-state index in [9.17, 15) is 9.90 Å². The van der Waals surface area contributed by atoms with Crippen LogP contribution in [0.2, 0.25) is 0 Å². The second-order valence-electron chi connectivity index (χ2n) is 6.07. The van der Waals surface area contributed by atoms with Gasteiger partial charge in [-0.2, -0.15) is 0 Å². The molecule has 1 N–H and O–H groups in total. The molecule has 1 saturated carbocycles. The number of Topliss-reactive ketones (excluding diaryl/α,β-unsaturated/α-hetero) is 1. The molecule has 3 nitrogen and oxygen atoms in total. The molecule has 108 valence electrons. The van der Waals surface area contributed by atoms with Crippen LogP contribution in [-0.4, -0.2) is 29.2 Å². The maximum atomic E-state index is 12.8. The Labute approximate surface area is 120 Å². The molecule has 1 aliphatic carbocycles. The van der Waals surface area contributed by atoms with E-state index in [0.29, 0.717) is 6.42 Å². The molecule has 3 heteroatoms. The minimum Gasteiger partial charge on any atom is -0.394 e. The highest BCUT2D eigenvalue weighted by atomic mass is 16.5. The summed E-state index contributed by atoms with van der Waals surface area (Å²) in [6, 6.07) is 9.49. The number of hydrogen-bond donors (Lipinski definition) is 1. The molecule has 1 aromatic carbocycles. The number of benzene rings is 1. The molecule has 0 unspecified atom stereocenters. The van der Waals surface area contributed by atoms with Gasteiger partial charge in [-0.15, -0.1) is 0 Å². The van der Waals surface area contributed by atoms with E-state index in [1.54, 1.807) is 0 Å². The van der Waals surface area contributed by atoms with Crippen molar-refractivity contribution >= 4 is 5.78 Å². The smallest absolute Gasteiger partial charge is 0.168 e. The van der Waals surface area contributed by atoms with Crippen molar-refractivity contribution < 1.29 is 14.6 Å². The van der Waals surface area contributed by atoms with Crippen LogP contribution >= 0.6 is 0 Å². The first-order valence-corrected chi connectivity index (χ1v) is 7.63. The Morgan fingerprint density at radius 3 is 2.55 bits per heavy atom. The quantitative estimate of drug-likeness (QED) is 0.862. The first-order chi connectivity index (χ1) is 9.75. The van der Waals surface area contributed by atoms with Crippen molar-refractivity contribution in [3.05, 3.63) is 35.9 Å². The lowest BCUT2D eigenvalue weighted by Gasteiger charge is -2.37. The number of hydrogen-bond acceptors (Lipinski definition) is 3. The van der Waals surface area contributed by atoms with Crippen LogP contribution in [0.15, 0.2) is 30.3 Å². The van der Waals surface area contributed by atoms with Crippen LogP contribution in [0.1, 0.15) is 48.9 Å². The number of aliphatic hydroxyl groups is 1. The zero-order valence-corrected chi connectivity index (χ0v) is 11.8. The van der Waals surface area contributed by atoms with E-state index in [1.807, 2.05) is 30.3 Å². The molecular formula is C17H22O3. The topological polar surface area (TPSA) is 46.5 Å². The predicted octanol–water partition coefficient (Wildman–Crippen LogP) is 2.97. The molecule has 2 aliphatic rings. The Hall–Kier alpha value is -1.19. The van der Waals surface area contributed by atoms with Gasteiger partial charge in [0.25, 0.3) is 0 Å². The van der Waals surface area contributed by atoms with Gasteiger partial charge in [0.05, 0.1) is 24.2 Å². The van der Waals surface area contributed by atoms with Gasteiger partial charge < -0.3 is 9.84 Å². The molecule has 3 rings (SSSR count). The predicted molar refractivity (Wildman–Crippen MR) is 76.7 cm³/mol. The Bertz CT molecular complexity index is 462. The van der Waals surface area contributed by atoms with E-state index in [2.05, 4.69) is 0 Å². The van der Waals surface area contributed by atoms with Crippen molar-refractivity contribution in [2.45, 2.75) is 50.2 Å². The average molecular weight is 274 g/mol. The number of aliphatic hydroxyl groups excluding tert-OH is 1. The van der Waals surface area contributed by atoms with E-state index in [1.165, 1.54) is 6.42 Å². The third kappa shape index (κ3) is 2.40. The molecule has 0 aromatic heterocycles. The van der Waals surface area contributed by atoms with Crippen molar-refractivity contribution in [1.29, 1.82) is 0 Å². The zero-order chi connectivity index (χ0) is 14.0. The van der Waals surface area contributed by atoms with Gasteiger partial charge in [-0.3, -0.25) is 4.79 Å². The second-order valence-corrected chi connectivity index (χ2v) is 6.07. The molecule has 0 amide bonds. The molecule has 0 bridgehead atoms. The van der Waals surface area contributed by atoms with E-state index < -0.39 is 0 Å². The van der Waals surface area contributed by atoms with E-state index in [4.69, 9.17) is 4.74 Å². The van der Waals surface area contributed by atoms with Gasteiger partial charge in [0.15, 0.2) is 5.78 Å². The summed E-state index contributed by atoms with van der Waals surface area (Å²) >= 11 is 0. The van der Waals surface area contributed by atoms with Crippen molar-refractivity contribution in [2.75, 3.05) is 6.61 Å². The highest BCUT2D eigenvalue weighted by Crippen LogP contribution is 2.47. The lowest BCUT2D eigenvalue weighted by molar-refractivity contribution is -0.0881. The number of ether oxygens (including phenoxy) is 1. The van der Waals surface area contributed by atoms with Gasteiger partial charge in [-0.05, 0) is 19.3 Å². The fraction of sp³-hybridized carbons (Fsp3) is 0.588. The summed E-state index contributed by atoms with van der Waals surface area (Å²) in [6.07, 6.45) is 5.85.